The third kappa shape index (κ3) is 13.8. The molecule has 0 saturated carbocycles. The van der Waals surface area contributed by atoms with Crippen LogP contribution < -0.4 is 0 Å². The van der Waals surface area contributed by atoms with Crippen LogP contribution in [0.2, 0.25) is 0 Å². The van der Waals surface area contributed by atoms with Gasteiger partial charge in [0.15, 0.2) is 0 Å². The molecule has 0 bridgehead atoms. The van der Waals surface area contributed by atoms with E-state index in [1.54, 1.807) is 42.0 Å². The Morgan fingerprint density at radius 3 is 1.40 bits per heavy atom. The smallest absolute Gasteiger partial charge is 0.114 e. The number of unbranched alkanes of at least 4 members (excludes halogenated alkanes) is 20. The van der Waals surface area contributed by atoms with Crippen LogP contribution in [0.5, 0.6) is 0 Å². The molecular weight excluding hydrogens is 1020 g/mol. The minimum Gasteiger partial charge on any atom is -0.172 e. The van der Waals surface area contributed by atoms with Crippen molar-refractivity contribution in [2.75, 3.05) is 0 Å². The van der Waals surface area contributed by atoms with Crippen molar-refractivity contribution in [3.8, 4) is 51.5 Å². The molecule has 7 heterocycles. The van der Waals surface area contributed by atoms with Gasteiger partial charge in [-0.3, -0.25) is 0 Å². The number of aromatic nitrogens is 2. The van der Waals surface area contributed by atoms with Crippen molar-refractivity contribution < 1.29 is 0 Å². The number of hydrogen-bond acceptors (Lipinski definition) is 9. The van der Waals surface area contributed by atoms with Crippen LogP contribution in [0.1, 0.15) is 203 Å². The summed E-state index contributed by atoms with van der Waals surface area (Å²) in [5.41, 5.74) is 10.6. The van der Waals surface area contributed by atoms with E-state index < -0.39 is 0 Å². The minimum absolute atomic E-state index is 1.02. The molecule has 0 aliphatic rings. The van der Waals surface area contributed by atoms with E-state index in [4.69, 9.17) is 8.75 Å². The molecule has 2 aromatic carbocycles. The highest BCUT2D eigenvalue weighted by molar-refractivity contribution is 7.28. The van der Waals surface area contributed by atoms with Crippen LogP contribution in [-0.2, 0) is 25.7 Å². The van der Waals surface area contributed by atoms with Crippen molar-refractivity contribution in [3.05, 3.63) is 92.3 Å². The Bertz CT molecular complexity index is 2930. The van der Waals surface area contributed by atoms with Crippen molar-refractivity contribution >= 4 is 111 Å². The topological polar surface area (TPSA) is 25.8 Å². The standard InChI is InChI=1S/C64H80N2S7/c1-5-9-13-17-21-25-30-45-42-47(32-27-23-19-15-11-7-3)69-61(45)57-51-39-41-68-63(51)58(62-46(31-26-22-18-14-10-6-2)43-48(70-62)33-28-24-20-16-12-8-4)52-44-56(72-64(52)57)55-38-37-54(71-55)50-36-35-49(53-34-29-40-67-53)59-60(50)66-73-65-59/h29,34-44H,5-28,30-33H2,1-4H3. The normalized spacial score (nSPS) is 12.0. The Balaban J connectivity index is 1.16. The molecule has 0 aliphatic heterocycles. The average Bonchev–Trinajstić information content (AvgIpc) is 4.27. The van der Waals surface area contributed by atoms with Gasteiger partial charge in [-0.1, -0.05) is 174 Å². The molecule has 9 heteroatoms. The van der Waals surface area contributed by atoms with Gasteiger partial charge in [0.1, 0.15) is 11.0 Å². The predicted molar refractivity (Wildman–Crippen MR) is 335 cm³/mol. The quantitative estimate of drug-likeness (QED) is 0.0383. The molecule has 0 fully saturated rings. The van der Waals surface area contributed by atoms with Crippen molar-refractivity contribution in [3.63, 3.8) is 0 Å². The van der Waals surface area contributed by atoms with Gasteiger partial charge in [-0.25, -0.2) is 0 Å². The average molecular weight is 1100 g/mol. The van der Waals surface area contributed by atoms with E-state index >= 15 is 0 Å². The summed E-state index contributed by atoms with van der Waals surface area (Å²) < 4.78 is 12.8. The fraction of sp³-hybridized carbons (Fsp3) is 0.500. The highest BCUT2D eigenvalue weighted by atomic mass is 32.1. The molecule has 0 spiro atoms. The Morgan fingerprint density at radius 1 is 0.370 bits per heavy atom. The molecule has 0 radical (unpaired) electrons. The Kier molecular flexibility index (Phi) is 21.3. The lowest BCUT2D eigenvalue weighted by molar-refractivity contribution is 0.606. The van der Waals surface area contributed by atoms with E-state index in [0.29, 0.717) is 0 Å². The molecule has 9 rings (SSSR count). The fourth-order valence-electron chi connectivity index (χ4n) is 11.0. The fourth-order valence-corrected chi connectivity index (χ4v) is 18.4. The zero-order valence-electron chi connectivity index (χ0n) is 44.5. The zero-order valence-corrected chi connectivity index (χ0v) is 50.2. The first-order valence-electron chi connectivity index (χ1n) is 28.7. The second-order valence-corrected chi connectivity index (χ2v) is 27.5. The lowest BCUT2D eigenvalue weighted by atomic mass is 9.94. The van der Waals surface area contributed by atoms with Crippen LogP contribution in [0.3, 0.4) is 0 Å². The predicted octanol–water partition coefficient (Wildman–Crippen LogP) is 24.3. The number of rotatable bonds is 33. The van der Waals surface area contributed by atoms with E-state index in [9.17, 15) is 0 Å². The highest BCUT2D eigenvalue weighted by Gasteiger charge is 2.27. The van der Waals surface area contributed by atoms with E-state index in [2.05, 4.69) is 133 Å². The maximum Gasteiger partial charge on any atom is 0.114 e. The van der Waals surface area contributed by atoms with Crippen molar-refractivity contribution in [2.45, 2.75) is 207 Å². The van der Waals surface area contributed by atoms with Crippen LogP contribution in [-0.4, -0.2) is 8.75 Å². The first-order chi connectivity index (χ1) is 36.1. The first kappa shape index (κ1) is 54.8. The van der Waals surface area contributed by atoms with Gasteiger partial charge in [-0.15, -0.1) is 68.0 Å². The molecule has 0 unspecified atom stereocenters. The third-order valence-electron chi connectivity index (χ3n) is 15.0. The van der Waals surface area contributed by atoms with Gasteiger partial charge in [0, 0.05) is 81.4 Å². The number of thiophene rings is 6. The second-order valence-electron chi connectivity index (χ2n) is 20.7. The number of hydrogen-bond donors (Lipinski definition) is 0. The van der Waals surface area contributed by atoms with E-state index in [0.717, 1.165) is 11.0 Å². The summed E-state index contributed by atoms with van der Waals surface area (Å²) in [6.45, 7) is 9.32. The SMILES string of the molecule is CCCCCCCCc1cc(CCCCCCCC)c(-c2c3cc(-c4ccc(-c5ccc(-c6cccs6)c6nsnc56)s4)sc3c(-c3sc(CCCCCCCC)cc3CCCCCCCC)c3ccsc23)s1. The van der Waals surface area contributed by atoms with Gasteiger partial charge in [0.2, 0.25) is 0 Å². The Labute approximate surface area is 467 Å². The molecule has 2 nitrogen and oxygen atoms in total. The highest BCUT2D eigenvalue weighted by Crippen LogP contribution is 2.55. The molecule has 0 atom stereocenters. The summed E-state index contributed by atoms with van der Waals surface area (Å²) in [5, 5.41) is 7.52. The second kappa shape index (κ2) is 28.4. The van der Waals surface area contributed by atoms with E-state index in [-0.39, 0.29) is 0 Å². The lowest BCUT2D eigenvalue weighted by Crippen LogP contribution is -1.90. The molecule has 7 aromatic heterocycles. The zero-order chi connectivity index (χ0) is 50.2. The Morgan fingerprint density at radius 2 is 0.863 bits per heavy atom. The lowest BCUT2D eigenvalue weighted by Gasteiger charge is -2.13. The number of nitrogens with zero attached hydrogens (tertiary/aromatic N) is 2. The maximum atomic E-state index is 4.92. The number of aryl methyl sites for hydroxylation is 4. The number of benzene rings is 2. The summed E-state index contributed by atoms with van der Waals surface area (Å²) in [4.78, 5) is 11.6. The van der Waals surface area contributed by atoms with Gasteiger partial charge < -0.3 is 0 Å². The van der Waals surface area contributed by atoms with E-state index in [1.165, 1.54) is 253 Å². The van der Waals surface area contributed by atoms with Crippen molar-refractivity contribution in [1.29, 1.82) is 0 Å². The molecule has 388 valence electrons. The van der Waals surface area contributed by atoms with E-state index in [1.807, 2.05) is 22.7 Å². The molecule has 0 N–H and O–H groups in total. The summed E-state index contributed by atoms with van der Waals surface area (Å²) in [5.74, 6) is 0. The van der Waals surface area contributed by atoms with Gasteiger partial charge in [-0.05, 0) is 116 Å². The van der Waals surface area contributed by atoms with Gasteiger partial charge >= 0.3 is 0 Å². The van der Waals surface area contributed by atoms with Gasteiger partial charge in [-0.2, -0.15) is 8.75 Å². The summed E-state index contributed by atoms with van der Waals surface area (Å²) in [7, 11) is 0. The van der Waals surface area contributed by atoms with Crippen molar-refractivity contribution in [2.24, 2.45) is 0 Å². The molecular formula is C64H80N2S7. The summed E-state index contributed by atoms with van der Waals surface area (Å²) in [6, 6.07) is 24.1. The third-order valence-corrected chi connectivity index (χ3v) is 22.4. The molecule has 9 aromatic rings. The monoisotopic (exact) mass is 1100 g/mol. The largest absolute Gasteiger partial charge is 0.172 e. The summed E-state index contributed by atoms with van der Waals surface area (Å²) >= 11 is 13.4. The van der Waals surface area contributed by atoms with Crippen LogP contribution in [0.25, 0.3) is 82.7 Å². The van der Waals surface area contributed by atoms with Gasteiger partial charge in [0.25, 0.3) is 0 Å². The van der Waals surface area contributed by atoms with Crippen LogP contribution in [0, 0.1) is 0 Å². The van der Waals surface area contributed by atoms with Crippen LogP contribution in [0.4, 0.5) is 0 Å². The number of fused-ring (bicyclic) bond motifs is 3. The maximum absolute atomic E-state index is 4.92. The minimum atomic E-state index is 1.02. The molecule has 73 heavy (non-hydrogen) atoms. The van der Waals surface area contributed by atoms with Crippen LogP contribution in [0.15, 0.2) is 71.4 Å². The molecule has 0 amide bonds. The molecule has 0 aliphatic carbocycles. The molecule has 0 saturated heterocycles. The first-order valence-corrected chi connectivity index (χ1v) is 34.5. The van der Waals surface area contributed by atoms with Crippen LogP contribution >= 0.6 is 79.7 Å². The Hall–Kier alpha value is -3.02. The summed E-state index contributed by atoms with van der Waals surface area (Å²) in [6.07, 6.45) is 36.9. The van der Waals surface area contributed by atoms with Crippen molar-refractivity contribution in [1.82, 2.24) is 8.75 Å². The van der Waals surface area contributed by atoms with Gasteiger partial charge in [0.05, 0.1) is 11.7 Å².